The molecule has 20 heavy (non-hydrogen) atoms. The molecule has 0 bridgehead atoms. The smallest absolute Gasteiger partial charge is 0.416 e. The van der Waals surface area contributed by atoms with Gasteiger partial charge in [-0.1, -0.05) is 59.3 Å². The summed E-state index contributed by atoms with van der Waals surface area (Å²) >= 11 is 0. The molecule has 0 aromatic carbocycles. The molecule has 1 aliphatic heterocycles. The van der Waals surface area contributed by atoms with Gasteiger partial charge in [0.1, 0.15) is 6.61 Å². The van der Waals surface area contributed by atoms with E-state index >= 15 is 0 Å². The topological polar surface area (TPSA) is 46.6 Å². The fourth-order valence-corrected chi connectivity index (χ4v) is 2.57. The van der Waals surface area contributed by atoms with Crippen molar-refractivity contribution in [3.63, 3.8) is 0 Å². The molecule has 1 unspecified atom stereocenters. The fourth-order valence-electron chi connectivity index (χ4n) is 2.57. The molecule has 1 saturated heterocycles. The standard InChI is InChI=1S/C16H29NO3/c1-4-5-6-7-8-9-10-11-15(18)17-14(13(2)3)12-20-16(17)19/h13-14H,4-12H2,1-3H3. The number of imide groups is 1. The predicted molar refractivity (Wildman–Crippen MR) is 79.4 cm³/mol. The third-order valence-electron chi connectivity index (χ3n) is 3.94. The number of carbonyl (C=O) groups excluding carboxylic acids is 2. The molecule has 1 aliphatic rings. The van der Waals surface area contributed by atoms with Gasteiger partial charge in [0.15, 0.2) is 0 Å². The van der Waals surface area contributed by atoms with Crippen LogP contribution in [0.2, 0.25) is 0 Å². The average Bonchev–Trinajstić information content (AvgIpc) is 2.79. The highest BCUT2D eigenvalue weighted by molar-refractivity contribution is 5.93. The molecular formula is C16H29NO3. The second-order valence-electron chi connectivity index (χ2n) is 6.02. The van der Waals surface area contributed by atoms with Gasteiger partial charge in [0, 0.05) is 6.42 Å². The first-order chi connectivity index (χ1) is 9.57. The maximum absolute atomic E-state index is 12.1. The lowest BCUT2D eigenvalue weighted by molar-refractivity contribution is -0.129. The number of unbranched alkanes of at least 4 members (excludes halogenated alkanes) is 6. The van der Waals surface area contributed by atoms with E-state index in [-0.39, 0.29) is 17.9 Å². The number of carbonyl (C=O) groups is 2. The minimum Gasteiger partial charge on any atom is -0.447 e. The lowest BCUT2D eigenvalue weighted by atomic mass is 10.0. The Bertz CT molecular complexity index is 315. The Labute approximate surface area is 122 Å². The van der Waals surface area contributed by atoms with Crippen LogP contribution in [0.3, 0.4) is 0 Å². The number of rotatable bonds is 9. The molecule has 1 heterocycles. The zero-order valence-corrected chi connectivity index (χ0v) is 13.2. The summed E-state index contributed by atoms with van der Waals surface area (Å²) in [6.45, 7) is 6.58. The van der Waals surface area contributed by atoms with Crippen LogP contribution in [0.15, 0.2) is 0 Å². The van der Waals surface area contributed by atoms with E-state index in [1.165, 1.54) is 37.0 Å². The van der Waals surface area contributed by atoms with Gasteiger partial charge in [0.2, 0.25) is 5.91 Å². The van der Waals surface area contributed by atoms with Crippen LogP contribution in [0.1, 0.15) is 72.1 Å². The quantitative estimate of drug-likeness (QED) is 0.598. The van der Waals surface area contributed by atoms with E-state index < -0.39 is 6.09 Å². The highest BCUT2D eigenvalue weighted by Crippen LogP contribution is 2.21. The second kappa shape index (κ2) is 8.98. The zero-order chi connectivity index (χ0) is 15.0. The summed E-state index contributed by atoms with van der Waals surface area (Å²) in [6, 6.07) is -0.0837. The van der Waals surface area contributed by atoms with Crippen molar-refractivity contribution in [2.24, 2.45) is 5.92 Å². The van der Waals surface area contributed by atoms with Crippen molar-refractivity contribution in [1.29, 1.82) is 0 Å². The summed E-state index contributed by atoms with van der Waals surface area (Å²) in [6.07, 6.45) is 8.24. The first-order valence-corrected chi connectivity index (χ1v) is 8.06. The molecule has 4 heteroatoms. The van der Waals surface area contributed by atoms with E-state index in [4.69, 9.17) is 4.74 Å². The van der Waals surface area contributed by atoms with Crippen LogP contribution in [0.4, 0.5) is 4.79 Å². The first kappa shape index (κ1) is 17.0. The van der Waals surface area contributed by atoms with Crippen molar-refractivity contribution in [3.8, 4) is 0 Å². The molecule has 1 rings (SSSR count). The molecule has 0 N–H and O–H groups in total. The minimum absolute atomic E-state index is 0.0697. The van der Waals surface area contributed by atoms with Gasteiger partial charge in [-0.2, -0.15) is 0 Å². The van der Waals surface area contributed by atoms with Gasteiger partial charge in [-0.15, -0.1) is 0 Å². The molecule has 0 saturated carbocycles. The SMILES string of the molecule is CCCCCCCCCC(=O)N1C(=O)OCC1C(C)C. The van der Waals surface area contributed by atoms with Crippen LogP contribution in [-0.2, 0) is 9.53 Å². The number of cyclic esters (lactones) is 1. The van der Waals surface area contributed by atoms with E-state index in [1.54, 1.807) is 0 Å². The Morgan fingerprint density at radius 1 is 1.20 bits per heavy atom. The molecule has 0 spiro atoms. The number of hydrogen-bond acceptors (Lipinski definition) is 3. The van der Waals surface area contributed by atoms with Gasteiger partial charge in [-0.05, 0) is 12.3 Å². The lowest BCUT2D eigenvalue weighted by Gasteiger charge is -2.22. The Balaban J connectivity index is 2.23. The second-order valence-corrected chi connectivity index (χ2v) is 6.02. The summed E-state index contributed by atoms with van der Waals surface area (Å²) < 4.78 is 5.00. The van der Waals surface area contributed by atoms with Gasteiger partial charge >= 0.3 is 6.09 Å². The van der Waals surface area contributed by atoms with E-state index in [2.05, 4.69) is 6.92 Å². The van der Waals surface area contributed by atoms with Gasteiger partial charge in [-0.3, -0.25) is 4.79 Å². The van der Waals surface area contributed by atoms with Gasteiger partial charge in [-0.25, -0.2) is 9.69 Å². The van der Waals surface area contributed by atoms with Crippen molar-refractivity contribution >= 4 is 12.0 Å². The maximum atomic E-state index is 12.1. The number of nitrogens with zero attached hydrogens (tertiary/aromatic N) is 1. The average molecular weight is 283 g/mol. The molecule has 2 amide bonds. The van der Waals surface area contributed by atoms with Crippen LogP contribution in [0, 0.1) is 5.92 Å². The summed E-state index contributed by atoms with van der Waals surface area (Å²) in [5.74, 6) is 0.180. The molecular weight excluding hydrogens is 254 g/mol. The monoisotopic (exact) mass is 283 g/mol. The normalized spacial score (nSPS) is 18.7. The highest BCUT2D eigenvalue weighted by Gasteiger charge is 2.38. The van der Waals surface area contributed by atoms with Crippen molar-refractivity contribution in [2.75, 3.05) is 6.61 Å². The van der Waals surface area contributed by atoms with Crippen molar-refractivity contribution < 1.29 is 14.3 Å². The molecule has 0 aliphatic carbocycles. The Morgan fingerprint density at radius 2 is 1.80 bits per heavy atom. The largest absolute Gasteiger partial charge is 0.447 e. The van der Waals surface area contributed by atoms with Crippen LogP contribution < -0.4 is 0 Å². The van der Waals surface area contributed by atoms with Crippen LogP contribution in [0.25, 0.3) is 0 Å². The van der Waals surface area contributed by atoms with E-state index in [0.717, 1.165) is 12.8 Å². The summed E-state index contributed by atoms with van der Waals surface area (Å²) in [5, 5.41) is 0. The molecule has 1 atom stereocenters. The fraction of sp³-hybridized carbons (Fsp3) is 0.875. The predicted octanol–water partition coefficient (Wildman–Crippen LogP) is 4.13. The van der Waals surface area contributed by atoms with Crippen molar-refractivity contribution in [2.45, 2.75) is 78.2 Å². The highest BCUT2D eigenvalue weighted by atomic mass is 16.6. The Morgan fingerprint density at radius 3 is 2.40 bits per heavy atom. The third-order valence-corrected chi connectivity index (χ3v) is 3.94. The van der Waals surface area contributed by atoms with Crippen LogP contribution in [-0.4, -0.2) is 29.5 Å². The Kier molecular flexibility index (Phi) is 7.63. The summed E-state index contributed by atoms with van der Waals surface area (Å²) in [7, 11) is 0. The lowest BCUT2D eigenvalue weighted by Crippen LogP contribution is -2.41. The van der Waals surface area contributed by atoms with Gasteiger partial charge < -0.3 is 4.74 Å². The molecule has 116 valence electrons. The Hall–Kier alpha value is -1.06. The van der Waals surface area contributed by atoms with E-state index in [9.17, 15) is 9.59 Å². The molecule has 0 radical (unpaired) electrons. The molecule has 1 fully saturated rings. The number of ether oxygens (including phenoxy) is 1. The molecule has 0 aromatic rings. The molecule has 4 nitrogen and oxygen atoms in total. The van der Waals surface area contributed by atoms with Crippen molar-refractivity contribution in [1.82, 2.24) is 4.90 Å². The van der Waals surface area contributed by atoms with E-state index in [0.29, 0.717) is 13.0 Å². The summed E-state index contributed by atoms with van der Waals surface area (Å²) in [4.78, 5) is 25.1. The van der Waals surface area contributed by atoms with Crippen LogP contribution in [0.5, 0.6) is 0 Å². The summed E-state index contributed by atoms with van der Waals surface area (Å²) in [5.41, 5.74) is 0. The molecule has 0 aromatic heterocycles. The van der Waals surface area contributed by atoms with Crippen LogP contribution >= 0.6 is 0 Å². The third kappa shape index (κ3) is 5.14. The number of hydrogen-bond donors (Lipinski definition) is 0. The first-order valence-electron chi connectivity index (χ1n) is 8.06. The zero-order valence-electron chi connectivity index (χ0n) is 13.2. The van der Waals surface area contributed by atoms with Gasteiger partial charge in [0.25, 0.3) is 0 Å². The van der Waals surface area contributed by atoms with Crippen molar-refractivity contribution in [3.05, 3.63) is 0 Å². The van der Waals surface area contributed by atoms with Gasteiger partial charge in [0.05, 0.1) is 6.04 Å². The number of amides is 2. The van der Waals surface area contributed by atoms with E-state index in [1.807, 2.05) is 13.8 Å². The minimum atomic E-state index is -0.461. The maximum Gasteiger partial charge on any atom is 0.416 e.